The maximum atomic E-state index is 11.5. The van der Waals surface area contributed by atoms with E-state index in [0.717, 1.165) is 18.4 Å². The summed E-state index contributed by atoms with van der Waals surface area (Å²) in [5, 5.41) is 0. The standard InChI is InChI=1S/C15H21BrO4S/c1-4-9-15(11(2)16,10-21(18)19)13-7-5-12(6-8-13)14(17)20-3/h5-8,11H,4,9-10H2,1-3H3,(H,18,19)/p-1. The van der Waals surface area contributed by atoms with Crippen molar-refractivity contribution in [2.45, 2.75) is 36.9 Å². The molecule has 0 aliphatic heterocycles. The van der Waals surface area contributed by atoms with Crippen molar-refractivity contribution >= 4 is 33.0 Å². The van der Waals surface area contributed by atoms with Crippen molar-refractivity contribution in [2.24, 2.45) is 0 Å². The van der Waals surface area contributed by atoms with Gasteiger partial charge in [-0.25, -0.2) is 4.79 Å². The third kappa shape index (κ3) is 4.37. The molecule has 0 fully saturated rings. The molecule has 21 heavy (non-hydrogen) atoms. The number of esters is 1. The van der Waals surface area contributed by atoms with Gasteiger partial charge in [-0.2, -0.15) is 0 Å². The zero-order chi connectivity index (χ0) is 16.0. The molecule has 0 spiro atoms. The molecule has 0 aliphatic carbocycles. The minimum absolute atomic E-state index is 0.00757. The van der Waals surface area contributed by atoms with E-state index in [1.165, 1.54) is 7.11 Å². The third-order valence-corrected chi connectivity index (χ3v) is 5.34. The topological polar surface area (TPSA) is 66.4 Å². The van der Waals surface area contributed by atoms with E-state index in [2.05, 4.69) is 20.7 Å². The largest absolute Gasteiger partial charge is 0.772 e. The number of methoxy groups -OCH3 is 1. The average molecular weight is 376 g/mol. The highest BCUT2D eigenvalue weighted by molar-refractivity contribution is 9.09. The molecular weight excluding hydrogens is 356 g/mol. The predicted octanol–water partition coefficient (Wildman–Crippen LogP) is 3.17. The number of carbonyl (C=O) groups excluding carboxylic acids is 1. The maximum Gasteiger partial charge on any atom is 0.337 e. The van der Waals surface area contributed by atoms with Crippen LogP contribution in [-0.4, -0.2) is 32.4 Å². The van der Waals surface area contributed by atoms with Gasteiger partial charge in [-0.3, -0.25) is 4.21 Å². The fraction of sp³-hybridized carbons (Fsp3) is 0.533. The summed E-state index contributed by atoms with van der Waals surface area (Å²) in [6.07, 6.45) is 1.61. The van der Waals surface area contributed by atoms with Gasteiger partial charge in [0.25, 0.3) is 0 Å². The van der Waals surface area contributed by atoms with E-state index in [0.29, 0.717) is 5.56 Å². The Morgan fingerprint density at radius 3 is 2.38 bits per heavy atom. The van der Waals surface area contributed by atoms with Gasteiger partial charge in [-0.15, -0.1) is 0 Å². The first-order valence-electron chi connectivity index (χ1n) is 6.76. The molecule has 0 bridgehead atoms. The van der Waals surface area contributed by atoms with Crippen LogP contribution in [0.15, 0.2) is 24.3 Å². The lowest BCUT2D eigenvalue weighted by Crippen LogP contribution is -2.40. The van der Waals surface area contributed by atoms with Gasteiger partial charge < -0.3 is 9.29 Å². The Labute approximate surface area is 136 Å². The van der Waals surface area contributed by atoms with Crippen LogP contribution >= 0.6 is 15.9 Å². The maximum absolute atomic E-state index is 11.5. The summed E-state index contributed by atoms with van der Waals surface area (Å²) < 4.78 is 27.3. The van der Waals surface area contributed by atoms with E-state index >= 15 is 0 Å². The minimum Gasteiger partial charge on any atom is -0.772 e. The van der Waals surface area contributed by atoms with E-state index in [9.17, 15) is 13.6 Å². The van der Waals surface area contributed by atoms with Crippen molar-refractivity contribution in [3.63, 3.8) is 0 Å². The van der Waals surface area contributed by atoms with Crippen LogP contribution in [0, 0.1) is 0 Å². The first-order chi connectivity index (χ1) is 9.87. The second-order valence-corrected chi connectivity index (χ2v) is 7.31. The van der Waals surface area contributed by atoms with E-state index < -0.39 is 22.5 Å². The lowest BCUT2D eigenvalue weighted by Gasteiger charge is -2.38. The number of carbonyl (C=O) groups is 1. The number of ether oxygens (including phenoxy) is 1. The van der Waals surface area contributed by atoms with Gasteiger partial charge in [0.15, 0.2) is 0 Å². The smallest absolute Gasteiger partial charge is 0.337 e. The van der Waals surface area contributed by atoms with E-state index in [4.69, 9.17) is 0 Å². The average Bonchev–Trinajstić information content (AvgIpc) is 2.45. The third-order valence-electron chi connectivity index (χ3n) is 3.71. The number of alkyl halides is 1. The fourth-order valence-corrected chi connectivity index (χ4v) is 4.41. The van der Waals surface area contributed by atoms with Crippen molar-refractivity contribution in [3.05, 3.63) is 35.4 Å². The zero-order valence-corrected chi connectivity index (χ0v) is 14.8. The van der Waals surface area contributed by atoms with Crippen LogP contribution in [0.1, 0.15) is 42.6 Å². The molecule has 0 amide bonds. The summed E-state index contributed by atoms with van der Waals surface area (Å²) in [4.78, 5) is 11.5. The van der Waals surface area contributed by atoms with E-state index in [-0.39, 0.29) is 10.6 Å². The molecule has 118 valence electrons. The molecule has 1 rings (SSSR count). The summed E-state index contributed by atoms with van der Waals surface area (Å²) in [7, 11) is 1.33. The van der Waals surface area contributed by atoms with Gasteiger partial charge in [0.2, 0.25) is 0 Å². The van der Waals surface area contributed by atoms with Crippen LogP contribution in [0.25, 0.3) is 0 Å². The SMILES string of the molecule is CCCC(CS(=O)[O-])(c1ccc(C(=O)OC)cc1)C(C)Br. The summed E-state index contributed by atoms with van der Waals surface area (Å²) >= 11 is 1.42. The van der Waals surface area contributed by atoms with Crippen LogP contribution in [0.5, 0.6) is 0 Å². The molecule has 3 unspecified atom stereocenters. The van der Waals surface area contributed by atoms with Crippen LogP contribution in [0.2, 0.25) is 0 Å². The van der Waals surface area contributed by atoms with Crippen LogP contribution in [0.4, 0.5) is 0 Å². The molecule has 0 saturated carbocycles. The van der Waals surface area contributed by atoms with Gasteiger partial charge in [-0.1, -0.05) is 59.4 Å². The molecule has 0 aromatic heterocycles. The molecule has 0 aliphatic rings. The second-order valence-electron chi connectivity index (χ2n) is 5.04. The Kier molecular flexibility index (Phi) is 7.03. The summed E-state index contributed by atoms with van der Waals surface area (Å²) in [5.41, 5.74) is 0.860. The monoisotopic (exact) mass is 375 g/mol. The molecule has 0 radical (unpaired) electrons. The molecular formula is C15H20BrO4S-. The van der Waals surface area contributed by atoms with E-state index in [1.54, 1.807) is 12.1 Å². The molecule has 6 heteroatoms. The van der Waals surface area contributed by atoms with Crippen molar-refractivity contribution in [1.29, 1.82) is 0 Å². The number of rotatable bonds is 7. The highest BCUT2D eigenvalue weighted by Gasteiger charge is 2.36. The van der Waals surface area contributed by atoms with Crippen molar-refractivity contribution in [3.8, 4) is 0 Å². The Balaban J connectivity index is 3.24. The molecule has 3 atom stereocenters. The van der Waals surface area contributed by atoms with Gasteiger partial charge in [-0.05, 0) is 24.1 Å². The van der Waals surface area contributed by atoms with Crippen LogP contribution in [-0.2, 0) is 21.2 Å². The normalized spacial score (nSPS) is 16.8. The highest BCUT2D eigenvalue weighted by atomic mass is 79.9. The van der Waals surface area contributed by atoms with Gasteiger partial charge in [0.1, 0.15) is 0 Å². The lowest BCUT2D eigenvalue weighted by atomic mass is 9.76. The molecule has 1 aromatic rings. The Hall–Kier alpha value is -0.720. The first-order valence-corrected chi connectivity index (χ1v) is 8.92. The molecule has 4 nitrogen and oxygen atoms in total. The van der Waals surface area contributed by atoms with Crippen molar-refractivity contribution in [1.82, 2.24) is 0 Å². The van der Waals surface area contributed by atoms with Gasteiger partial charge in [0.05, 0.1) is 12.7 Å². The van der Waals surface area contributed by atoms with Crippen molar-refractivity contribution in [2.75, 3.05) is 12.9 Å². The highest BCUT2D eigenvalue weighted by Crippen LogP contribution is 2.38. The van der Waals surface area contributed by atoms with E-state index in [1.807, 2.05) is 26.0 Å². The van der Waals surface area contributed by atoms with Crippen LogP contribution in [0.3, 0.4) is 0 Å². The van der Waals surface area contributed by atoms with Crippen LogP contribution < -0.4 is 0 Å². The molecule has 0 heterocycles. The second kappa shape index (κ2) is 8.06. The van der Waals surface area contributed by atoms with Crippen molar-refractivity contribution < 1.29 is 18.3 Å². The predicted molar refractivity (Wildman–Crippen MR) is 86.5 cm³/mol. The number of hydrogen-bond acceptors (Lipinski definition) is 4. The Bertz CT molecular complexity index is 501. The van der Waals surface area contributed by atoms with Gasteiger partial charge >= 0.3 is 5.97 Å². The molecule has 1 aromatic carbocycles. The molecule has 0 N–H and O–H groups in total. The zero-order valence-electron chi connectivity index (χ0n) is 12.4. The summed E-state index contributed by atoms with van der Waals surface area (Å²) in [6, 6.07) is 6.97. The number of benzene rings is 1. The number of hydrogen-bond donors (Lipinski definition) is 0. The summed E-state index contributed by atoms with van der Waals surface area (Å²) in [6.45, 7) is 3.98. The fourth-order valence-electron chi connectivity index (χ4n) is 2.56. The summed E-state index contributed by atoms with van der Waals surface area (Å²) in [5.74, 6) is -0.355. The van der Waals surface area contributed by atoms with Gasteiger partial charge in [0, 0.05) is 16.0 Å². The molecule has 0 saturated heterocycles. The number of halogens is 1. The minimum atomic E-state index is -2.14. The Morgan fingerprint density at radius 1 is 1.43 bits per heavy atom. The first kappa shape index (κ1) is 18.3. The quantitative estimate of drug-likeness (QED) is 0.417. The lowest BCUT2D eigenvalue weighted by molar-refractivity contribution is 0.0600. The Morgan fingerprint density at radius 2 is 2.00 bits per heavy atom.